The van der Waals surface area contributed by atoms with Crippen molar-refractivity contribution in [1.29, 1.82) is 0 Å². The van der Waals surface area contributed by atoms with Crippen LogP contribution >= 0.6 is 11.6 Å². The Bertz CT molecular complexity index is 511. The molecule has 1 aromatic carbocycles. The SMILES string of the molecule is CC(N)CC1Cc2cc(Cl)ccc2S1(=O)=O. The lowest BCUT2D eigenvalue weighted by molar-refractivity contribution is 0.563. The zero-order valence-corrected chi connectivity index (χ0v) is 10.6. The van der Waals surface area contributed by atoms with E-state index in [2.05, 4.69) is 0 Å². The summed E-state index contributed by atoms with van der Waals surface area (Å²) in [4.78, 5) is 0.419. The minimum Gasteiger partial charge on any atom is -0.328 e. The summed E-state index contributed by atoms with van der Waals surface area (Å²) in [5, 5.41) is 0.191. The zero-order valence-electron chi connectivity index (χ0n) is 8.98. The molecule has 0 radical (unpaired) electrons. The normalized spacial score (nSPS) is 24.1. The van der Waals surface area contributed by atoms with Gasteiger partial charge < -0.3 is 5.73 Å². The van der Waals surface area contributed by atoms with Crippen LogP contribution in [0, 0.1) is 0 Å². The van der Waals surface area contributed by atoms with Gasteiger partial charge in [0.05, 0.1) is 10.1 Å². The summed E-state index contributed by atoms with van der Waals surface area (Å²) in [6, 6.07) is 4.83. The van der Waals surface area contributed by atoms with E-state index in [0.29, 0.717) is 22.8 Å². The smallest absolute Gasteiger partial charge is 0.181 e. The van der Waals surface area contributed by atoms with E-state index < -0.39 is 9.84 Å². The second-order valence-electron chi connectivity index (χ2n) is 4.34. The maximum absolute atomic E-state index is 12.1. The number of hydrogen-bond donors (Lipinski definition) is 1. The standard InChI is InChI=1S/C11H14ClNO2S/c1-7(13)4-10-6-8-5-9(12)2-3-11(8)16(10,14)15/h2-3,5,7,10H,4,6,13H2,1H3. The first kappa shape index (κ1) is 11.9. The molecule has 1 heterocycles. The summed E-state index contributed by atoms with van der Waals surface area (Å²) in [6.45, 7) is 1.82. The minimum atomic E-state index is -3.20. The zero-order chi connectivity index (χ0) is 11.9. The third-order valence-corrected chi connectivity index (χ3v) is 5.33. The molecule has 2 atom stereocenters. The van der Waals surface area contributed by atoms with Crippen LogP contribution in [0.2, 0.25) is 5.02 Å². The van der Waals surface area contributed by atoms with Crippen molar-refractivity contribution < 1.29 is 8.42 Å². The largest absolute Gasteiger partial charge is 0.328 e. The van der Waals surface area contributed by atoms with Gasteiger partial charge in [-0.15, -0.1) is 0 Å². The first-order chi connectivity index (χ1) is 7.41. The summed E-state index contributed by atoms with van der Waals surface area (Å²) in [7, 11) is -3.20. The van der Waals surface area contributed by atoms with Gasteiger partial charge in [-0.1, -0.05) is 11.6 Å². The Labute approximate surface area is 101 Å². The van der Waals surface area contributed by atoms with Gasteiger partial charge in [-0.2, -0.15) is 0 Å². The van der Waals surface area contributed by atoms with Gasteiger partial charge in [0.1, 0.15) is 0 Å². The molecule has 2 unspecified atom stereocenters. The van der Waals surface area contributed by atoms with E-state index in [0.717, 1.165) is 5.56 Å². The molecule has 1 aliphatic heterocycles. The monoisotopic (exact) mass is 259 g/mol. The number of halogens is 1. The van der Waals surface area contributed by atoms with Crippen molar-refractivity contribution in [2.75, 3.05) is 0 Å². The van der Waals surface area contributed by atoms with Gasteiger partial charge in [0.2, 0.25) is 0 Å². The lowest BCUT2D eigenvalue weighted by Gasteiger charge is -2.11. The molecular formula is C11H14ClNO2S. The summed E-state index contributed by atoms with van der Waals surface area (Å²) < 4.78 is 24.3. The van der Waals surface area contributed by atoms with E-state index >= 15 is 0 Å². The van der Waals surface area contributed by atoms with Crippen molar-refractivity contribution in [2.24, 2.45) is 5.73 Å². The number of sulfone groups is 1. The van der Waals surface area contributed by atoms with Crippen molar-refractivity contribution in [3.8, 4) is 0 Å². The Kier molecular flexibility index (Phi) is 2.99. The number of benzene rings is 1. The highest BCUT2D eigenvalue weighted by Crippen LogP contribution is 2.34. The predicted octanol–water partition coefficient (Wildman–Crippen LogP) is 1.78. The Balaban J connectivity index is 2.42. The summed E-state index contributed by atoms with van der Waals surface area (Å²) in [6.07, 6.45) is 1.02. The summed E-state index contributed by atoms with van der Waals surface area (Å²) in [5.74, 6) is 0. The van der Waals surface area contributed by atoms with Crippen molar-refractivity contribution in [1.82, 2.24) is 0 Å². The van der Waals surface area contributed by atoms with Gasteiger partial charge in [-0.25, -0.2) is 8.42 Å². The number of rotatable bonds is 2. The lowest BCUT2D eigenvalue weighted by Crippen LogP contribution is -2.27. The number of fused-ring (bicyclic) bond motifs is 1. The van der Waals surface area contributed by atoms with Crippen LogP contribution in [0.1, 0.15) is 18.9 Å². The second kappa shape index (κ2) is 4.02. The van der Waals surface area contributed by atoms with Crippen LogP contribution in [0.25, 0.3) is 0 Å². The van der Waals surface area contributed by atoms with Crippen LogP contribution in [-0.2, 0) is 16.3 Å². The average Bonchev–Trinajstić information content (AvgIpc) is 2.37. The minimum absolute atomic E-state index is 0.107. The topological polar surface area (TPSA) is 60.2 Å². The molecule has 0 amide bonds. The maximum atomic E-state index is 12.1. The van der Waals surface area contributed by atoms with Crippen molar-refractivity contribution in [3.63, 3.8) is 0 Å². The average molecular weight is 260 g/mol. The third kappa shape index (κ3) is 1.97. The summed E-state index contributed by atoms with van der Waals surface area (Å²) in [5.41, 5.74) is 6.49. The van der Waals surface area contributed by atoms with Gasteiger partial charge in [0.15, 0.2) is 9.84 Å². The molecule has 0 aliphatic carbocycles. The molecule has 2 N–H and O–H groups in total. The molecule has 3 nitrogen and oxygen atoms in total. The van der Waals surface area contributed by atoms with Crippen LogP contribution in [-0.4, -0.2) is 19.7 Å². The molecule has 2 rings (SSSR count). The fraction of sp³-hybridized carbons (Fsp3) is 0.455. The van der Waals surface area contributed by atoms with E-state index in [-0.39, 0.29) is 11.3 Å². The molecule has 0 bridgehead atoms. The van der Waals surface area contributed by atoms with Crippen LogP contribution < -0.4 is 5.73 Å². The van der Waals surface area contributed by atoms with Gasteiger partial charge in [-0.3, -0.25) is 0 Å². The maximum Gasteiger partial charge on any atom is 0.181 e. The van der Waals surface area contributed by atoms with Crippen LogP contribution in [0.5, 0.6) is 0 Å². The van der Waals surface area contributed by atoms with Crippen LogP contribution in [0.4, 0.5) is 0 Å². The molecule has 0 saturated carbocycles. The number of nitrogens with two attached hydrogens (primary N) is 1. The lowest BCUT2D eigenvalue weighted by atomic mass is 10.1. The molecular weight excluding hydrogens is 246 g/mol. The van der Waals surface area contributed by atoms with Crippen molar-refractivity contribution in [2.45, 2.75) is 36.0 Å². The predicted molar refractivity (Wildman–Crippen MR) is 64.4 cm³/mol. The van der Waals surface area contributed by atoms with Gasteiger partial charge in [0.25, 0.3) is 0 Å². The Morgan fingerprint density at radius 1 is 1.56 bits per heavy atom. The van der Waals surface area contributed by atoms with Crippen molar-refractivity contribution in [3.05, 3.63) is 28.8 Å². The molecule has 88 valence electrons. The third-order valence-electron chi connectivity index (χ3n) is 2.85. The van der Waals surface area contributed by atoms with E-state index in [9.17, 15) is 8.42 Å². The van der Waals surface area contributed by atoms with Crippen LogP contribution in [0.3, 0.4) is 0 Å². The molecule has 1 aromatic rings. The highest BCUT2D eigenvalue weighted by molar-refractivity contribution is 7.92. The quantitative estimate of drug-likeness (QED) is 0.881. The van der Waals surface area contributed by atoms with Gasteiger partial charge >= 0.3 is 0 Å². The molecule has 0 aromatic heterocycles. The molecule has 0 saturated heterocycles. The highest BCUT2D eigenvalue weighted by Gasteiger charge is 2.37. The highest BCUT2D eigenvalue weighted by atomic mass is 35.5. The molecule has 1 aliphatic rings. The van der Waals surface area contributed by atoms with E-state index in [1.807, 2.05) is 6.92 Å². The second-order valence-corrected chi connectivity index (χ2v) is 6.97. The molecule has 0 spiro atoms. The Morgan fingerprint density at radius 2 is 2.25 bits per heavy atom. The van der Waals surface area contributed by atoms with E-state index in [1.165, 1.54) is 0 Å². The fourth-order valence-electron chi connectivity index (χ4n) is 2.14. The van der Waals surface area contributed by atoms with Gasteiger partial charge in [0, 0.05) is 11.1 Å². The van der Waals surface area contributed by atoms with Crippen molar-refractivity contribution >= 4 is 21.4 Å². The van der Waals surface area contributed by atoms with E-state index in [1.54, 1.807) is 18.2 Å². The van der Waals surface area contributed by atoms with Gasteiger partial charge in [-0.05, 0) is 43.5 Å². The number of hydrogen-bond acceptors (Lipinski definition) is 3. The first-order valence-corrected chi connectivity index (χ1v) is 7.11. The summed E-state index contributed by atoms with van der Waals surface area (Å²) >= 11 is 5.85. The van der Waals surface area contributed by atoms with Crippen LogP contribution in [0.15, 0.2) is 23.1 Å². The molecule has 5 heteroatoms. The Morgan fingerprint density at radius 3 is 2.88 bits per heavy atom. The molecule has 0 fully saturated rings. The first-order valence-electron chi connectivity index (χ1n) is 5.19. The fourth-order valence-corrected chi connectivity index (χ4v) is 4.42. The van der Waals surface area contributed by atoms with E-state index in [4.69, 9.17) is 17.3 Å². The molecule has 16 heavy (non-hydrogen) atoms. The Hall–Kier alpha value is -0.580.